The van der Waals surface area contributed by atoms with Crippen molar-refractivity contribution >= 4 is 23.1 Å². The number of carbonyl (C=O) groups excluding carboxylic acids is 1. The van der Waals surface area contributed by atoms with Crippen molar-refractivity contribution in [1.82, 2.24) is 19.4 Å². The minimum atomic E-state index is 0.0514. The van der Waals surface area contributed by atoms with Crippen molar-refractivity contribution < 1.29 is 9.63 Å². The molecule has 2 N–H and O–H groups in total. The number of aromatic nitrogens is 2. The van der Waals surface area contributed by atoms with E-state index in [1.165, 1.54) is 22.4 Å². The van der Waals surface area contributed by atoms with E-state index >= 15 is 0 Å². The van der Waals surface area contributed by atoms with Gasteiger partial charge in [-0.05, 0) is 73.3 Å². The number of pyridine rings is 1. The Hall–Kier alpha value is -3.62. The van der Waals surface area contributed by atoms with E-state index in [2.05, 4.69) is 62.6 Å². The summed E-state index contributed by atoms with van der Waals surface area (Å²) in [6.45, 7) is 3.85. The summed E-state index contributed by atoms with van der Waals surface area (Å²) in [4.78, 5) is 25.8. The Labute approximate surface area is 218 Å². The van der Waals surface area contributed by atoms with Gasteiger partial charge in [-0.3, -0.25) is 14.5 Å². The number of benzene rings is 1. The van der Waals surface area contributed by atoms with Gasteiger partial charge in [0.15, 0.2) is 0 Å². The largest absolute Gasteiger partial charge is 0.367 e. The highest BCUT2D eigenvalue weighted by Crippen LogP contribution is 2.36. The van der Waals surface area contributed by atoms with E-state index in [1.807, 2.05) is 24.4 Å². The maximum absolute atomic E-state index is 12.2. The highest BCUT2D eigenvalue weighted by atomic mass is 16.6. The third kappa shape index (κ3) is 5.26. The van der Waals surface area contributed by atoms with Gasteiger partial charge >= 0.3 is 0 Å². The number of hydrogen-bond acceptors (Lipinski definition) is 6. The zero-order valence-electron chi connectivity index (χ0n) is 22.1. The molecule has 5 rings (SSSR count). The SMILES string of the molecule is CONc1ccc(C2=CCNc3c2cc(CN2CCC(c4ccc(C(=O)N(C)C)cc4)CC2)n3C)cn1. The van der Waals surface area contributed by atoms with Crippen LogP contribution in [0.5, 0.6) is 0 Å². The van der Waals surface area contributed by atoms with Crippen LogP contribution in [0, 0.1) is 0 Å². The zero-order chi connectivity index (χ0) is 25.9. The fraction of sp³-hybridized carbons (Fsp3) is 0.379. The first-order valence-corrected chi connectivity index (χ1v) is 12.9. The van der Waals surface area contributed by atoms with Crippen LogP contribution in [0.3, 0.4) is 0 Å². The lowest BCUT2D eigenvalue weighted by Crippen LogP contribution is -2.33. The molecular weight excluding hydrogens is 464 g/mol. The summed E-state index contributed by atoms with van der Waals surface area (Å²) < 4.78 is 2.29. The molecule has 0 radical (unpaired) electrons. The first-order chi connectivity index (χ1) is 17.9. The van der Waals surface area contributed by atoms with Crippen molar-refractivity contribution in [2.24, 2.45) is 7.05 Å². The molecule has 37 heavy (non-hydrogen) atoms. The molecule has 2 aromatic heterocycles. The van der Waals surface area contributed by atoms with Crippen LogP contribution in [-0.4, -0.2) is 66.1 Å². The Balaban J connectivity index is 1.24. The number of anilines is 2. The van der Waals surface area contributed by atoms with Crippen LogP contribution in [-0.2, 0) is 18.4 Å². The van der Waals surface area contributed by atoms with Gasteiger partial charge in [0.25, 0.3) is 5.91 Å². The van der Waals surface area contributed by atoms with Crippen molar-refractivity contribution in [2.75, 3.05) is 51.6 Å². The summed E-state index contributed by atoms with van der Waals surface area (Å²) in [6, 6.07) is 14.5. The summed E-state index contributed by atoms with van der Waals surface area (Å²) in [6.07, 6.45) is 6.38. The molecule has 0 aliphatic carbocycles. The lowest BCUT2D eigenvalue weighted by molar-refractivity contribution is 0.0827. The molecule has 0 atom stereocenters. The lowest BCUT2D eigenvalue weighted by Gasteiger charge is -2.32. The van der Waals surface area contributed by atoms with Crippen LogP contribution in [0.4, 0.5) is 11.6 Å². The molecule has 194 valence electrons. The second kappa shape index (κ2) is 10.8. The summed E-state index contributed by atoms with van der Waals surface area (Å²) in [7, 11) is 7.31. The Morgan fingerprint density at radius 1 is 1.16 bits per heavy atom. The molecule has 2 aliphatic rings. The molecule has 3 aromatic rings. The average molecular weight is 501 g/mol. The van der Waals surface area contributed by atoms with E-state index in [0.717, 1.165) is 56.0 Å². The highest BCUT2D eigenvalue weighted by molar-refractivity contribution is 5.93. The summed E-state index contributed by atoms with van der Waals surface area (Å²) >= 11 is 0. The highest BCUT2D eigenvalue weighted by Gasteiger charge is 2.24. The summed E-state index contributed by atoms with van der Waals surface area (Å²) in [5, 5.41) is 3.56. The van der Waals surface area contributed by atoms with Crippen LogP contribution < -0.4 is 10.8 Å². The van der Waals surface area contributed by atoms with Crippen LogP contribution in [0.1, 0.15) is 51.5 Å². The first kappa shape index (κ1) is 25.0. The third-order valence-corrected chi connectivity index (χ3v) is 7.49. The average Bonchev–Trinajstić information content (AvgIpc) is 3.24. The van der Waals surface area contributed by atoms with Gasteiger partial charge in [-0.1, -0.05) is 18.2 Å². The molecule has 4 heterocycles. The van der Waals surface area contributed by atoms with E-state index in [9.17, 15) is 4.79 Å². The van der Waals surface area contributed by atoms with Crippen molar-refractivity contribution in [3.8, 4) is 0 Å². The summed E-state index contributed by atoms with van der Waals surface area (Å²) in [5.74, 6) is 2.45. The van der Waals surface area contributed by atoms with Gasteiger partial charge in [0, 0.05) is 62.8 Å². The topological polar surface area (TPSA) is 74.7 Å². The minimum Gasteiger partial charge on any atom is -0.367 e. The molecule has 1 saturated heterocycles. The van der Waals surface area contributed by atoms with Gasteiger partial charge < -0.3 is 14.8 Å². The van der Waals surface area contributed by atoms with Crippen LogP contribution >= 0.6 is 0 Å². The fourth-order valence-electron chi connectivity index (χ4n) is 5.39. The standard InChI is InChI=1S/C29H36N6O2/c1-33(2)29(36)22-7-5-20(6-8-22)21-12-15-35(16-13-21)19-24-17-26-25(11-14-30-28(26)34(24)3)23-9-10-27(31-18-23)32-37-4/h5-11,17-18,21,30H,12-16,19H2,1-4H3,(H,31,32). The predicted octanol–water partition coefficient (Wildman–Crippen LogP) is 4.33. The second-order valence-corrected chi connectivity index (χ2v) is 10.1. The fourth-order valence-corrected chi connectivity index (χ4v) is 5.39. The van der Waals surface area contributed by atoms with Crippen molar-refractivity contribution in [3.05, 3.63) is 82.7 Å². The van der Waals surface area contributed by atoms with Crippen LogP contribution in [0.25, 0.3) is 5.57 Å². The first-order valence-electron chi connectivity index (χ1n) is 12.9. The number of carbonyl (C=O) groups is 1. The number of likely N-dealkylation sites (tertiary alicyclic amines) is 1. The Morgan fingerprint density at radius 3 is 2.57 bits per heavy atom. The molecule has 0 spiro atoms. The van der Waals surface area contributed by atoms with Gasteiger partial charge in [0.2, 0.25) is 0 Å². The van der Waals surface area contributed by atoms with Crippen LogP contribution in [0.2, 0.25) is 0 Å². The molecule has 0 bridgehead atoms. The molecular formula is C29H36N6O2. The number of nitrogens with zero attached hydrogens (tertiary/aromatic N) is 4. The normalized spacial score (nSPS) is 16.1. The van der Waals surface area contributed by atoms with Crippen LogP contribution in [0.15, 0.2) is 54.7 Å². The van der Waals surface area contributed by atoms with E-state index in [-0.39, 0.29) is 5.91 Å². The molecule has 1 amide bonds. The Bertz CT molecular complexity index is 1270. The second-order valence-electron chi connectivity index (χ2n) is 10.1. The molecule has 0 saturated carbocycles. The lowest BCUT2D eigenvalue weighted by atomic mass is 9.89. The number of piperidine rings is 1. The molecule has 1 aromatic carbocycles. The van der Waals surface area contributed by atoms with Gasteiger partial charge in [0.05, 0.1) is 7.11 Å². The molecule has 8 heteroatoms. The number of fused-ring (bicyclic) bond motifs is 1. The molecule has 2 aliphatic heterocycles. The van der Waals surface area contributed by atoms with Gasteiger partial charge in [-0.2, -0.15) is 0 Å². The monoisotopic (exact) mass is 500 g/mol. The Morgan fingerprint density at radius 2 is 1.92 bits per heavy atom. The zero-order valence-corrected chi connectivity index (χ0v) is 22.1. The smallest absolute Gasteiger partial charge is 0.253 e. The van der Waals surface area contributed by atoms with E-state index < -0.39 is 0 Å². The predicted molar refractivity (Wildman–Crippen MR) is 148 cm³/mol. The Kier molecular flexibility index (Phi) is 7.30. The summed E-state index contributed by atoms with van der Waals surface area (Å²) in [5.41, 5.74) is 9.69. The van der Waals surface area contributed by atoms with Gasteiger partial charge in [-0.25, -0.2) is 10.5 Å². The quantitative estimate of drug-likeness (QED) is 0.471. The third-order valence-electron chi connectivity index (χ3n) is 7.49. The van der Waals surface area contributed by atoms with Crippen molar-refractivity contribution in [1.29, 1.82) is 0 Å². The minimum absolute atomic E-state index is 0.0514. The number of rotatable bonds is 7. The van der Waals surface area contributed by atoms with Crippen molar-refractivity contribution in [2.45, 2.75) is 25.3 Å². The maximum atomic E-state index is 12.2. The number of hydrogen-bond donors (Lipinski definition) is 2. The number of nitrogens with one attached hydrogen (secondary N) is 2. The van der Waals surface area contributed by atoms with E-state index in [1.54, 1.807) is 26.1 Å². The van der Waals surface area contributed by atoms with Gasteiger partial charge in [0.1, 0.15) is 11.6 Å². The van der Waals surface area contributed by atoms with E-state index in [4.69, 9.17) is 4.84 Å². The molecule has 0 unspecified atom stereocenters. The molecule has 1 fully saturated rings. The maximum Gasteiger partial charge on any atom is 0.253 e. The number of amides is 1. The van der Waals surface area contributed by atoms with Gasteiger partial charge in [-0.15, -0.1) is 0 Å². The van der Waals surface area contributed by atoms with Crippen molar-refractivity contribution in [3.63, 3.8) is 0 Å². The van der Waals surface area contributed by atoms with E-state index in [0.29, 0.717) is 11.7 Å². The molecule has 8 nitrogen and oxygen atoms in total.